The van der Waals surface area contributed by atoms with Crippen molar-refractivity contribution in [1.82, 2.24) is 9.80 Å². The minimum Gasteiger partial charge on any atom is -0.379 e. The fourth-order valence-electron chi connectivity index (χ4n) is 3.41. The number of likely N-dealkylation sites (tertiary alicyclic amines) is 1. The lowest BCUT2D eigenvalue weighted by Gasteiger charge is -2.33. The zero-order valence-corrected chi connectivity index (χ0v) is 14.6. The van der Waals surface area contributed by atoms with Crippen molar-refractivity contribution in [3.05, 3.63) is 41.5 Å². The van der Waals surface area contributed by atoms with Gasteiger partial charge in [-0.2, -0.15) is 0 Å². The van der Waals surface area contributed by atoms with Gasteiger partial charge in [-0.05, 0) is 36.8 Å². The van der Waals surface area contributed by atoms with E-state index in [9.17, 15) is 4.79 Å². The molecule has 2 saturated heterocycles. The molecule has 1 aromatic rings. The molecular formula is C20H28N2O2. The maximum absolute atomic E-state index is 12.4. The number of piperidine rings is 1. The highest BCUT2D eigenvalue weighted by atomic mass is 16.5. The van der Waals surface area contributed by atoms with Gasteiger partial charge in [-0.1, -0.05) is 36.4 Å². The van der Waals surface area contributed by atoms with Crippen molar-refractivity contribution in [2.75, 3.05) is 45.9 Å². The Morgan fingerprint density at radius 2 is 1.88 bits per heavy atom. The minimum atomic E-state index is 0.276. The van der Waals surface area contributed by atoms with Crippen LogP contribution in [0.15, 0.2) is 30.3 Å². The van der Waals surface area contributed by atoms with E-state index in [-0.39, 0.29) is 5.91 Å². The number of amides is 1. The predicted molar refractivity (Wildman–Crippen MR) is 96.8 cm³/mol. The first-order valence-electron chi connectivity index (χ1n) is 9.04. The number of benzene rings is 1. The van der Waals surface area contributed by atoms with E-state index in [0.29, 0.717) is 12.5 Å². The summed E-state index contributed by atoms with van der Waals surface area (Å²) in [6.07, 6.45) is 6.70. The second kappa shape index (κ2) is 8.45. The first-order valence-corrected chi connectivity index (χ1v) is 9.04. The molecular weight excluding hydrogens is 300 g/mol. The number of hydrogen-bond acceptors (Lipinski definition) is 3. The van der Waals surface area contributed by atoms with Crippen LogP contribution in [0.2, 0.25) is 0 Å². The quantitative estimate of drug-likeness (QED) is 0.852. The van der Waals surface area contributed by atoms with Gasteiger partial charge in [-0.15, -0.1) is 0 Å². The molecule has 2 fully saturated rings. The number of carbonyl (C=O) groups excluding carboxylic acids is 1. The SMILES string of the molecule is Cc1ccccc1C=CC1CCN(C(=O)CN2CCOCC2)CC1. The van der Waals surface area contributed by atoms with Crippen molar-refractivity contribution < 1.29 is 9.53 Å². The summed E-state index contributed by atoms with van der Waals surface area (Å²) in [6, 6.07) is 8.46. The van der Waals surface area contributed by atoms with Crippen molar-refractivity contribution in [2.24, 2.45) is 5.92 Å². The number of rotatable bonds is 4. The number of nitrogens with zero attached hydrogens (tertiary/aromatic N) is 2. The van der Waals surface area contributed by atoms with Crippen molar-refractivity contribution in [3.8, 4) is 0 Å². The average molecular weight is 328 g/mol. The summed E-state index contributed by atoms with van der Waals surface area (Å²) in [6.45, 7) is 7.71. The number of carbonyl (C=O) groups is 1. The zero-order valence-electron chi connectivity index (χ0n) is 14.6. The number of ether oxygens (including phenoxy) is 1. The van der Waals surface area contributed by atoms with Crippen LogP contribution in [0.3, 0.4) is 0 Å². The molecule has 0 saturated carbocycles. The second-order valence-corrected chi connectivity index (χ2v) is 6.82. The van der Waals surface area contributed by atoms with Crippen LogP contribution in [0.1, 0.15) is 24.0 Å². The Bertz CT molecular complexity index is 571. The van der Waals surface area contributed by atoms with Gasteiger partial charge >= 0.3 is 0 Å². The molecule has 2 aliphatic rings. The van der Waals surface area contributed by atoms with E-state index in [1.54, 1.807) is 0 Å². The monoisotopic (exact) mass is 328 g/mol. The van der Waals surface area contributed by atoms with Gasteiger partial charge in [0, 0.05) is 26.2 Å². The third-order valence-electron chi connectivity index (χ3n) is 5.09. The van der Waals surface area contributed by atoms with E-state index >= 15 is 0 Å². The zero-order chi connectivity index (χ0) is 16.8. The lowest BCUT2D eigenvalue weighted by Crippen LogP contribution is -2.46. The van der Waals surface area contributed by atoms with Gasteiger partial charge in [0.25, 0.3) is 0 Å². The van der Waals surface area contributed by atoms with Crippen LogP contribution in [0, 0.1) is 12.8 Å². The molecule has 0 N–H and O–H groups in total. The Labute approximate surface area is 145 Å². The average Bonchev–Trinajstić information content (AvgIpc) is 2.62. The lowest BCUT2D eigenvalue weighted by molar-refractivity contribution is -0.134. The van der Waals surface area contributed by atoms with Gasteiger partial charge in [0.15, 0.2) is 0 Å². The molecule has 0 radical (unpaired) electrons. The summed E-state index contributed by atoms with van der Waals surface area (Å²) in [5.41, 5.74) is 2.61. The topological polar surface area (TPSA) is 32.8 Å². The number of aryl methyl sites for hydroxylation is 1. The molecule has 0 bridgehead atoms. The summed E-state index contributed by atoms with van der Waals surface area (Å²) in [5, 5.41) is 0. The molecule has 2 heterocycles. The van der Waals surface area contributed by atoms with Gasteiger partial charge in [0.2, 0.25) is 5.91 Å². The highest BCUT2D eigenvalue weighted by Crippen LogP contribution is 2.20. The second-order valence-electron chi connectivity index (χ2n) is 6.82. The van der Waals surface area contributed by atoms with E-state index in [1.807, 2.05) is 4.90 Å². The first-order chi connectivity index (χ1) is 11.7. The van der Waals surface area contributed by atoms with Crippen molar-refractivity contribution >= 4 is 12.0 Å². The predicted octanol–water partition coefficient (Wildman–Crippen LogP) is 2.58. The Hall–Kier alpha value is -1.65. The van der Waals surface area contributed by atoms with Crippen molar-refractivity contribution in [2.45, 2.75) is 19.8 Å². The lowest BCUT2D eigenvalue weighted by atomic mass is 9.95. The molecule has 0 atom stereocenters. The number of morpholine rings is 1. The van der Waals surface area contributed by atoms with Crippen molar-refractivity contribution in [1.29, 1.82) is 0 Å². The summed E-state index contributed by atoms with van der Waals surface area (Å²) in [7, 11) is 0. The van der Waals surface area contributed by atoms with Crippen molar-refractivity contribution in [3.63, 3.8) is 0 Å². The molecule has 4 nitrogen and oxygen atoms in total. The highest BCUT2D eigenvalue weighted by Gasteiger charge is 2.23. The van der Waals surface area contributed by atoms with Gasteiger partial charge < -0.3 is 9.64 Å². The summed E-state index contributed by atoms with van der Waals surface area (Å²) >= 11 is 0. The van der Waals surface area contributed by atoms with E-state index in [2.05, 4.69) is 48.2 Å². The molecule has 130 valence electrons. The molecule has 2 aliphatic heterocycles. The van der Waals surface area contributed by atoms with E-state index in [0.717, 1.165) is 52.2 Å². The summed E-state index contributed by atoms with van der Waals surface area (Å²) in [5.74, 6) is 0.857. The molecule has 0 spiro atoms. The van der Waals surface area contributed by atoms with Crippen LogP contribution in [0.4, 0.5) is 0 Å². The molecule has 0 aliphatic carbocycles. The van der Waals surface area contributed by atoms with Crippen LogP contribution >= 0.6 is 0 Å². The molecule has 0 unspecified atom stereocenters. The third-order valence-corrected chi connectivity index (χ3v) is 5.09. The first kappa shape index (κ1) is 17.2. The maximum atomic E-state index is 12.4. The largest absolute Gasteiger partial charge is 0.379 e. The fourth-order valence-corrected chi connectivity index (χ4v) is 3.41. The van der Waals surface area contributed by atoms with Gasteiger partial charge in [0.05, 0.1) is 19.8 Å². The Morgan fingerprint density at radius 3 is 2.58 bits per heavy atom. The van der Waals surface area contributed by atoms with E-state index in [1.165, 1.54) is 11.1 Å². The van der Waals surface area contributed by atoms with Crippen LogP contribution in [-0.4, -0.2) is 61.6 Å². The third kappa shape index (κ3) is 4.68. The molecule has 4 heteroatoms. The highest BCUT2D eigenvalue weighted by molar-refractivity contribution is 5.78. The summed E-state index contributed by atoms with van der Waals surface area (Å²) < 4.78 is 5.34. The Morgan fingerprint density at radius 1 is 1.17 bits per heavy atom. The molecule has 24 heavy (non-hydrogen) atoms. The van der Waals surface area contributed by atoms with Crippen LogP contribution in [0.25, 0.3) is 6.08 Å². The number of allylic oxidation sites excluding steroid dienone is 1. The smallest absolute Gasteiger partial charge is 0.236 e. The van der Waals surface area contributed by atoms with Gasteiger partial charge in [-0.3, -0.25) is 9.69 Å². The number of hydrogen-bond donors (Lipinski definition) is 0. The molecule has 1 amide bonds. The van der Waals surface area contributed by atoms with Crippen LogP contribution < -0.4 is 0 Å². The Kier molecular flexibility index (Phi) is 6.05. The van der Waals surface area contributed by atoms with Crippen LogP contribution in [0.5, 0.6) is 0 Å². The van der Waals surface area contributed by atoms with E-state index in [4.69, 9.17) is 4.74 Å². The molecule has 1 aromatic carbocycles. The Balaban J connectivity index is 1.45. The maximum Gasteiger partial charge on any atom is 0.236 e. The summed E-state index contributed by atoms with van der Waals surface area (Å²) in [4.78, 5) is 16.7. The normalized spacial score (nSPS) is 20.6. The molecule has 0 aromatic heterocycles. The van der Waals surface area contributed by atoms with Gasteiger partial charge in [0.1, 0.15) is 0 Å². The van der Waals surface area contributed by atoms with Crippen LogP contribution in [-0.2, 0) is 9.53 Å². The standard InChI is InChI=1S/C20H28N2O2/c1-17-4-2-3-5-19(17)7-6-18-8-10-22(11-9-18)20(23)16-21-12-14-24-15-13-21/h2-7,18H,8-16H2,1H3. The fraction of sp³-hybridized carbons (Fsp3) is 0.550. The van der Waals surface area contributed by atoms with Gasteiger partial charge in [-0.25, -0.2) is 0 Å². The minimum absolute atomic E-state index is 0.276. The molecule has 3 rings (SSSR count). The van der Waals surface area contributed by atoms with E-state index < -0.39 is 0 Å².